The summed E-state index contributed by atoms with van der Waals surface area (Å²) in [5.41, 5.74) is -0.518. The summed E-state index contributed by atoms with van der Waals surface area (Å²) >= 11 is 0. The number of piperidine rings is 1. The van der Waals surface area contributed by atoms with Crippen LogP contribution in [0.15, 0.2) is 17.0 Å². The standard InChI is InChI=1S/C13H17N3O6S.ClH/c17-16(18)10-7-11-12(22-6-5-21-11)8-13(10)23(19,20)15-9-1-3-14-4-2-9;/h7-9,14-15H,1-6H2;1H. The van der Waals surface area contributed by atoms with Gasteiger partial charge in [-0.1, -0.05) is 0 Å². The molecule has 0 amide bonds. The first-order valence-corrected chi connectivity index (χ1v) is 8.77. The van der Waals surface area contributed by atoms with Crippen LogP contribution in [0.25, 0.3) is 0 Å². The fourth-order valence-electron chi connectivity index (χ4n) is 2.64. The van der Waals surface area contributed by atoms with Crippen LogP contribution in [0.4, 0.5) is 5.69 Å². The highest BCUT2D eigenvalue weighted by atomic mass is 35.5. The van der Waals surface area contributed by atoms with Gasteiger partial charge in [0.1, 0.15) is 13.2 Å². The maximum Gasteiger partial charge on any atom is 0.293 e. The molecule has 9 nitrogen and oxygen atoms in total. The summed E-state index contributed by atoms with van der Waals surface area (Å²) in [4.78, 5) is 10.1. The molecule has 1 aromatic carbocycles. The highest BCUT2D eigenvalue weighted by Gasteiger charge is 2.32. The van der Waals surface area contributed by atoms with E-state index in [1.165, 1.54) is 0 Å². The van der Waals surface area contributed by atoms with Crippen molar-refractivity contribution in [3.63, 3.8) is 0 Å². The molecule has 2 heterocycles. The van der Waals surface area contributed by atoms with Crippen molar-refractivity contribution in [3.8, 4) is 11.5 Å². The van der Waals surface area contributed by atoms with Gasteiger partial charge in [-0.15, -0.1) is 12.4 Å². The number of nitrogens with zero attached hydrogens (tertiary/aromatic N) is 1. The second-order valence-electron chi connectivity index (χ2n) is 5.37. The van der Waals surface area contributed by atoms with E-state index in [0.717, 1.165) is 12.1 Å². The van der Waals surface area contributed by atoms with Crippen LogP contribution in [-0.4, -0.2) is 45.7 Å². The van der Waals surface area contributed by atoms with Crippen LogP contribution >= 0.6 is 12.4 Å². The molecule has 0 atom stereocenters. The smallest absolute Gasteiger partial charge is 0.293 e. The molecular weight excluding hydrogens is 362 g/mol. The molecule has 0 aromatic heterocycles. The minimum atomic E-state index is -4.02. The largest absolute Gasteiger partial charge is 0.486 e. The van der Waals surface area contributed by atoms with E-state index in [1.807, 2.05) is 0 Å². The molecule has 0 saturated carbocycles. The van der Waals surface area contributed by atoms with Crippen molar-refractivity contribution >= 4 is 28.1 Å². The number of halogens is 1. The topological polar surface area (TPSA) is 120 Å². The normalized spacial score (nSPS) is 17.8. The molecular formula is C13H18ClN3O6S. The molecule has 0 spiro atoms. The van der Waals surface area contributed by atoms with Crippen LogP contribution < -0.4 is 19.5 Å². The number of hydrogen-bond donors (Lipinski definition) is 2. The van der Waals surface area contributed by atoms with Crippen molar-refractivity contribution in [2.24, 2.45) is 0 Å². The Morgan fingerprint density at radius 2 is 1.75 bits per heavy atom. The second kappa shape index (κ2) is 7.51. The zero-order valence-electron chi connectivity index (χ0n) is 12.7. The van der Waals surface area contributed by atoms with Gasteiger partial charge < -0.3 is 14.8 Å². The van der Waals surface area contributed by atoms with Gasteiger partial charge in [0.15, 0.2) is 16.4 Å². The van der Waals surface area contributed by atoms with E-state index in [2.05, 4.69) is 10.0 Å². The molecule has 3 rings (SSSR count). The van der Waals surface area contributed by atoms with E-state index in [0.29, 0.717) is 25.9 Å². The van der Waals surface area contributed by atoms with Crippen LogP contribution in [0.2, 0.25) is 0 Å². The maximum atomic E-state index is 12.6. The quantitative estimate of drug-likeness (QED) is 0.586. The Bertz CT molecular complexity index is 721. The monoisotopic (exact) mass is 379 g/mol. The Labute approximate surface area is 145 Å². The fraction of sp³-hybridized carbons (Fsp3) is 0.538. The third kappa shape index (κ3) is 3.89. The van der Waals surface area contributed by atoms with Crippen molar-refractivity contribution in [2.45, 2.75) is 23.8 Å². The zero-order valence-corrected chi connectivity index (χ0v) is 14.3. The lowest BCUT2D eigenvalue weighted by Gasteiger charge is -2.24. The Morgan fingerprint density at radius 1 is 1.17 bits per heavy atom. The first-order chi connectivity index (χ1) is 11.0. The molecule has 1 saturated heterocycles. The minimum absolute atomic E-state index is 0. The third-order valence-electron chi connectivity index (χ3n) is 3.77. The van der Waals surface area contributed by atoms with E-state index in [1.54, 1.807) is 0 Å². The minimum Gasteiger partial charge on any atom is -0.486 e. The molecule has 0 radical (unpaired) electrons. The van der Waals surface area contributed by atoms with Crippen LogP contribution in [0.3, 0.4) is 0 Å². The number of hydrogen-bond acceptors (Lipinski definition) is 7. The van der Waals surface area contributed by atoms with Crippen molar-refractivity contribution in [2.75, 3.05) is 26.3 Å². The van der Waals surface area contributed by atoms with Crippen LogP contribution in [0.5, 0.6) is 11.5 Å². The van der Waals surface area contributed by atoms with Gasteiger partial charge >= 0.3 is 0 Å². The lowest BCUT2D eigenvalue weighted by molar-refractivity contribution is -0.388. The summed E-state index contributed by atoms with van der Waals surface area (Å²) < 4.78 is 38.3. The number of rotatable bonds is 4. The Balaban J connectivity index is 0.00000208. The average Bonchev–Trinajstić information content (AvgIpc) is 2.54. The highest BCUT2D eigenvalue weighted by Crippen LogP contribution is 2.38. The van der Waals surface area contributed by atoms with Gasteiger partial charge in [-0.05, 0) is 25.9 Å². The molecule has 134 valence electrons. The van der Waals surface area contributed by atoms with Gasteiger partial charge in [0.05, 0.1) is 11.0 Å². The Hall–Kier alpha value is -1.62. The van der Waals surface area contributed by atoms with Crippen LogP contribution in [-0.2, 0) is 10.0 Å². The van der Waals surface area contributed by atoms with Gasteiger partial charge in [0, 0.05) is 12.1 Å². The predicted octanol–water partition coefficient (Wildman–Crippen LogP) is 0.818. The molecule has 2 aliphatic heterocycles. The van der Waals surface area contributed by atoms with Gasteiger partial charge in [0.2, 0.25) is 10.0 Å². The number of benzene rings is 1. The van der Waals surface area contributed by atoms with E-state index >= 15 is 0 Å². The van der Waals surface area contributed by atoms with Gasteiger partial charge in [0.25, 0.3) is 5.69 Å². The van der Waals surface area contributed by atoms with Crippen LogP contribution in [0.1, 0.15) is 12.8 Å². The summed E-state index contributed by atoms with van der Waals surface area (Å²) in [6, 6.07) is 2.02. The number of nitro benzene ring substituents is 1. The lowest BCUT2D eigenvalue weighted by atomic mass is 10.1. The molecule has 1 fully saturated rings. The molecule has 2 N–H and O–H groups in total. The number of fused-ring (bicyclic) bond motifs is 1. The molecule has 1 aromatic rings. The van der Waals surface area contributed by atoms with E-state index in [9.17, 15) is 18.5 Å². The first-order valence-electron chi connectivity index (χ1n) is 7.28. The van der Waals surface area contributed by atoms with E-state index in [4.69, 9.17) is 9.47 Å². The summed E-state index contributed by atoms with van der Waals surface area (Å²) in [7, 11) is -4.02. The molecule has 24 heavy (non-hydrogen) atoms. The molecule has 0 unspecified atom stereocenters. The summed E-state index contributed by atoms with van der Waals surface area (Å²) in [6.45, 7) is 1.95. The van der Waals surface area contributed by atoms with Crippen molar-refractivity contribution < 1.29 is 22.8 Å². The molecule has 2 aliphatic rings. The molecule has 0 aliphatic carbocycles. The second-order valence-corrected chi connectivity index (χ2v) is 7.05. The lowest BCUT2D eigenvalue weighted by Crippen LogP contribution is -2.42. The molecule has 11 heteroatoms. The fourth-order valence-corrected chi connectivity index (χ4v) is 4.11. The third-order valence-corrected chi connectivity index (χ3v) is 5.32. The summed E-state index contributed by atoms with van der Waals surface area (Å²) in [5, 5.41) is 14.4. The van der Waals surface area contributed by atoms with Gasteiger partial charge in [-0.2, -0.15) is 0 Å². The van der Waals surface area contributed by atoms with E-state index in [-0.39, 0.29) is 43.2 Å². The molecule has 0 bridgehead atoms. The maximum absolute atomic E-state index is 12.6. The van der Waals surface area contributed by atoms with Crippen LogP contribution in [0, 0.1) is 10.1 Å². The number of nitro groups is 1. The number of nitrogens with one attached hydrogen (secondary N) is 2. The van der Waals surface area contributed by atoms with Crippen molar-refractivity contribution in [1.82, 2.24) is 10.0 Å². The van der Waals surface area contributed by atoms with E-state index < -0.39 is 25.5 Å². The van der Waals surface area contributed by atoms with Gasteiger partial charge in [-0.25, -0.2) is 13.1 Å². The van der Waals surface area contributed by atoms with Crippen molar-refractivity contribution in [1.29, 1.82) is 0 Å². The SMILES string of the molecule is Cl.O=[N+]([O-])c1cc2c(cc1S(=O)(=O)NC1CCNCC1)OCCO2. The predicted molar refractivity (Wildman–Crippen MR) is 87.5 cm³/mol. The Kier molecular flexibility index (Phi) is 5.86. The number of sulfonamides is 1. The Morgan fingerprint density at radius 3 is 2.33 bits per heavy atom. The number of ether oxygens (including phenoxy) is 2. The average molecular weight is 380 g/mol. The summed E-state index contributed by atoms with van der Waals surface area (Å²) in [5.74, 6) is 0.385. The summed E-state index contributed by atoms with van der Waals surface area (Å²) in [6.07, 6.45) is 1.27. The zero-order chi connectivity index (χ0) is 16.4. The first kappa shape index (κ1) is 18.7. The highest BCUT2D eigenvalue weighted by molar-refractivity contribution is 7.89. The van der Waals surface area contributed by atoms with Crippen molar-refractivity contribution in [3.05, 3.63) is 22.2 Å². The van der Waals surface area contributed by atoms with Gasteiger partial charge in [-0.3, -0.25) is 10.1 Å².